The van der Waals surface area contributed by atoms with Crippen LogP contribution in [0.2, 0.25) is 0 Å². The molecule has 0 amide bonds. The van der Waals surface area contributed by atoms with Crippen LogP contribution in [0.4, 0.5) is 0 Å². The predicted molar refractivity (Wildman–Crippen MR) is 41.7 cm³/mol. The summed E-state index contributed by atoms with van der Waals surface area (Å²) in [6, 6.07) is 13.7. The molecule has 1 aromatic carbocycles. The quantitative estimate of drug-likeness (QED) is 0.480. The standard InChI is InChI=1S/C5H5.C4H4N.2ClH.Zr/c2*1-2-4-5-3-1;;;/h1-5H;1-3,5H;2*1H;/q2*-1;;;+4/p-2. The summed E-state index contributed by atoms with van der Waals surface area (Å²) in [7, 11) is 0. The van der Waals surface area contributed by atoms with Gasteiger partial charge in [0.2, 0.25) is 0 Å². The fourth-order valence-corrected chi connectivity index (χ4v) is 0.561. The van der Waals surface area contributed by atoms with Crippen LogP contribution in [0, 0.1) is 6.20 Å². The largest absolute Gasteiger partial charge is 4.00 e. The Kier molecular flexibility index (Phi) is 21.1. The Hall–Kier alpha value is 0.0931. The minimum atomic E-state index is 0. The third-order valence-electron chi connectivity index (χ3n) is 0.998. The van der Waals surface area contributed by atoms with E-state index in [0.29, 0.717) is 0 Å². The maximum absolute atomic E-state index is 2.74. The van der Waals surface area contributed by atoms with Crippen LogP contribution in [0.25, 0.3) is 0 Å². The topological polar surface area (TPSA) is 15.8 Å². The Morgan fingerprint density at radius 1 is 1.00 bits per heavy atom. The van der Waals surface area contributed by atoms with Crippen molar-refractivity contribution < 1.29 is 51.0 Å². The van der Waals surface area contributed by atoms with Crippen molar-refractivity contribution in [3.05, 3.63) is 54.9 Å². The summed E-state index contributed by atoms with van der Waals surface area (Å²) in [6.45, 7) is 0. The normalized spacial score (nSPS) is 6.15. The van der Waals surface area contributed by atoms with E-state index in [1.807, 2.05) is 48.7 Å². The molecule has 0 aliphatic carbocycles. The number of halogens is 2. The SMILES string of the molecule is [Cl-].[Cl-].[Zr+4].[c-]1ccc[nH]1.c1cc[cH-]c1. The van der Waals surface area contributed by atoms with Crippen LogP contribution >= 0.6 is 0 Å². The van der Waals surface area contributed by atoms with Crippen LogP contribution in [-0.2, 0) is 26.2 Å². The molecule has 0 fully saturated rings. The molecular weight excluding hydrogens is 284 g/mol. The summed E-state index contributed by atoms with van der Waals surface area (Å²) in [6.07, 6.45) is 4.56. The summed E-state index contributed by atoms with van der Waals surface area (Å²) in [5.41, 5.74) is 0. The van der Waals surface area contributed by atoms with Gasteiger partial charge >= 0.3 is 26.2 Å². The van der Waals surface area contributed by atoms with Crippen LogP contribution in [0.15, 0.2) is 48.7 Å². The minimum Gasteiger partial charge on any atom is -1.00 e. The molecule has 1 aromatic heterocycles. The van der Waals surface area contributed by atoms with Crippen molar-refractivity contribution >= 4 is 0 Å². The first-order chi connectivity index (χ1) is 5.00. The molecule has 1 heterocycles. The van der Waals surface area contributed by atoms with Gasteiger partial charge in [-0.05, 0) is 0 Å². The molecule has 2 aromatic rings. The molecule has 0 saturated heterocycles. The number of H-pyrrole nitrogens is 1. The number of aromatic amines is 1. The molecule has 0 bridgehead atoms. The van der Waals surface area contributed by atoms with E-state index in [4.69, 9.17) is 0 Å². The third-order valence-corrected chi connectivity index (χ3v) is 0.998. The van der Waals surface area contributed by atoms with Gasteiger partial charge in [-0.1, -0.05) is 0 Å². The van der Waals surface area contributed by atoms with Crippen molar-refractivity contribution in [3.8, 4) is 0 Å². The molecule has 0 saturated carbocycles. The fourth-order valence-electron chi connectivity index (χ4n) is 0.561. The summed E-state index contributed by atoms with van der Waals surface area (Å²) >= 11 is 0. The number of aromatic nitrogens is 1. The van der Waals surface area contributed by atoms with E-state index in [1.54, 1.807) is 0 Å². The fraction of sp³-hybridized carbons (Fsp3) is 0. The van der Waals surface area contributed by atoms with Gasteiger partial charge in [0.1, 0.15) is 0 Å². The van der Waals surface area contributed by atoms with Crippen LogP contribution in [0.3, 0.4) is 0 Å². The Labute approximate surface area is 110 Å². The van der Waals surface area contributed by atoms with E-state index in [0.717, 1.165) is 0 Å². The number of hydrogen-bond acceptors (Lipinski definition) is 0. The van der Waals surface area contributed by atoms with Gasteiger partial charge in [-0.3, -0.25) is 0 Å². The Balaban J connectivity index is -0.000000125. The molecule has 0 atom stereocenters. The molecule has 0 radical (unpaired) electrons. The van der Waals surface area contributed by atoms with Crippen molar-refractivity contribution in [1.29, 1.82) is 0 Å². The molecule has 0 aliphatic rings. The molecule has 1 N–H and O–H groups in total. The first kappa shape index (κ1) is 18.8. The van der Waals surface area contributed by atoms with Crippen molar-refractivity contribution in [2.45, 2.75) is 0 Å². The molecule has 4 heteroatoms. The van der Waals surface area contributed by atoms with Crippen LogP contribution in [0.5, 0.6) is 0 Å². The molecule has 0 spiro atoms. The zero-order valence-corrected chi connectivity index (χ0v) is 10.8. The second-order valence-corrected chi connectivity index (χ2v) is 1.78. The predicted octanol–water partition coefficient (Wildman–Crippen LogP) is -3.77. The van der Waals surface area contributed by atoms with E-state index < -0.39 is 0 Å². The van der Waals surface area contributed by atoms with Gasteiger partial charge in [-0.25, -0.2) is 12.1 Å². The first-order valence-electron chi connectivity index (χ1n) is 3.16. The average molecular weight is 293 g/mol. The second kappa shape index (κ2) is 14.6. The average Bonchev–Trinajstić information content (AvgIpc) is 2.67. The third kappa shape index (κ3) is 12.1. The molecule has 2 rings (SSSR count). The van der Waals surface area contributed by atoms with Gasteiger partial charge in [0.05, 0.1) is 0 Å². The summed E-state index contributed by atoms with van der Waals surface area (Å²) in [4.78, 5) is 2.74. The maximum Gasteiger partial charge on any atom is 4.00 e. The van der Waals surface area contributed by atoms with Crippen LogP contribution < -0.4 is 24.8 Å². The summed E-state index contributed by atoms with van der Waals surface area (Å²) in [5, 5.41) is 0. The number of rotatable bonds is 0. The van der Waals surface area contributed by atoms with E-state index in [1.165, 1.54) is 0 Å². The Morgan fingerprint density at radius 3 is 1.77 bits per heavy atom. The van der Waals surface area contributed by atoms with E-state index in [9.17, 15) is 0 Å². The summed E-state index contributed by atoms with van der Waals surface area (Å²) < 4.78 is 0. The zero-order chi connectivity index (χ0) is 7.07. The van der Waals surface area contributed by atoms with Crippen molar-refractivity contribution in [1.82, 2.24) is 4.98 Å². The molecule has 0 aliphatic heterocycles. The van der Waals surface area contributed by atoms with Crippen molar-refractivity contribution in [3.63, 3.8) is 0 Å². The maximum atomic E-state index is 2.74. The first-order valence-corrected chi connectivity index (χ1v) is 3.16. The van der Waals surface area contributed by atoms with Crippen LogP contribution in [0.1, 0.15) is 0 Å². The molecule has 1 nitrogen and oxygen atoms in total. The number of hydrogen-bond donors (Lipinski definition) is 1. The monoisotopic (exact) mass is 291 g/mol. The summed E-state index contributed by atoms with van der Waals surface area (Å²) in [5.74, 6) is 0. The van der Waals surface area contributed by atoms with E-state index in [2.05, 4.69) is 11.2 Å². The van der Waals surface area contributed by atoms with Gasteiger partial charge in [0.25, 0.3) is 0 Å². The van der Waals surface area contributed by atoms with Crippen molar-refractivity contribution in [2.24, 2.45) is 0 Å². The van der Waals surface area contributed by atoms with E-state index in [-0.39, 0.29) is 51.0 Å². The minimum absolute atomic E-state index is 0. The Morgan fingerprint density at radius 2 is 1.62 bits per heavy atom. The van der Waals surface area contributed by atoms with Gasteiger partial charge in [-0.2, -0.15) is 36.5 Å². The molecule has 0 unspecified atom stereocenters. The van der Waals surface area contributed by atoms with Gasteiger partial charge < -0.3 is 29.8 Å². The second-order valence-electron chi connectivity index (χ2n) is 1.78. The van der Waals surface area contributed by atoms with Crippen molar-refractivity contribution in [2.75, 3.05) is 0 Å². The van der Waals surface area contributed by atoms with Crippen LogP contribution in [-0.4, -0.2) is 4.98 Å². The molecular formula is C9H9Cl2NZr. The smallest absolute Gasteiger partial charge is 1.00 e. The van der Waals surface area contributed by atoms with Gasteiger partial charge in [0.15, 0.2) is 0 Å². The van der Waals surface area contributed by atoms with Gasteiger partial charge in [0, 0.05) is 0 Å². The zero-order valence-electron chi connectivity index (χ0n) is 6.87. The Bertz CT molecular complexity index is 157. The molecule has 13 heavy (non-hydrogen) atoms. The van der Waals surface area contributed by atoms with E-state index >= 15 is 0 Å². The molecule has 68 valence electrons. The number of nitrogens with one attached hydrogen (secondary N) is 1. The van der Waals surface area contributed by atoms with Gasteiger partial charge in [-0.15, -0.1) is 6.20 Å².